The zero-order valence-electron chi connectivity index (χ0n) is 38.2. The van der Waals surface area contributed by atoms with Gasteiger partial charge in [0, 0.05) is 50.0 Å². The van der Waals surface area contributed by atoms with Crippen molar-refractivity contribution in [1.82, 2.24) is 9.13 Å². The number of aromatic nitrogens is 2. The first-order chi connectivity index (χ1) is 34.7. The van der Waals surface area contributed by atoms with Gasteiger partial charge in [0.1, 0.15) is 0 Å². The van der Waals surface area contributed by atoms with E-state index in [0.29, 0.717) is 0 Å². The zero-order valence-corrected chi connectivity index (χ0v) is 38.2. The molecule has 15 rings (SSSR count). The van der Waals surface area contributed by atoms with Crippen LogP contribution in [0.3, 0.4) is 0 Å². The second kappa shape index (κ2) is 14.9. The van der Waals surface area contributed by atoms with Crippen LogP contribution in [0.1, 0.15) is 22.3 Å². The van der Waals surface area contributed by atoms with Crippen molar-refractivity contribution in [1.29, 1.82) is 0 Å². The highest BCUT2D eigenvalue weighted by Gasteiger charge is 2.51. The van der Waals surface area contributed by atoms with Crippen molar-refractivity contribution in [2.45, 2.75) is 5.41 Å². The van der Waals surface area contributed by atoms with Crippen molar-refractivity contribution >= 4 is 60.7 Å². The van der Waals surface area contributed by atoms with Crippen molar-refractivity contribution in [3.05, 3.63) is 283 Å². The molecule has 2 heterocycles. The van der Waals surface area contributed by atoms with Gasteiger partial charge in [-0.2, -0.15) is 0 Å². The van der Waals surface area contributed by atoms with Crippen LogP contribution in [0.25, 0.3) is 88.4 Å². The second-order valence-electron chi connectivity index (χ2n) is 18.8. The lowest BCUT2D eigenvalue weighted by atomic mass is 9.70. The second-order valence-corrected chi connectivity index (χ2v) is 18.8. The number of nitrogens with zero attached hydrogens (tertiary/aromatic N) is 3. The largest absolute Gasteiger partial charge is 0.310 e. The molecule has 2 aliphatic carbocycles. The predicted molar refractivity (Wildman–Crippen MR) is 292 cm³/mol. The fourth-order valence-corrected chi connectivity index (χ4v) is 12.5. The molecule has 2 aromatic heterocycles. The quantitative estimate of drug-likeness (QED) is 0.162. The Labute approximate surface area is 406 Å². The standard InChI is InChI=1S/C67H43N3/c1-3-19-46(20-4-1)68(48-36-38-54-53-25-9-15-31-61(53)67(62(54)43-48)59-29-13-7-23-51(59)52-24-8-14-30-60(52)67)49-39-45(40-50(42-49)70-64-33-17-10-26-55(64)56-27-11-18-34-65(56)70)44-35-37-58-57-28-12-16-32-63(57)69(66(58)41-44)47-21-5-2-6-22-47/h1-43H. The van der Waals surface area contributed by atoms with Crippen molar-refractivity contribution in [3.63, 3.8) is 0 Å². The third kappa shape index (κ3) is 5.40. The van der Waals surface area contributed by atoms with E-state index in [2.05, 4.69) is 275 Å². The Morgan fingerprint density at radius 2 is 0.729 bits per heavy atom. The molecule has 1 spiro atoms. The van der Waals surface area contributed by atoms with E-state index in [0.717, 1.165) is 39.6 Å². The summed E-state index contributed by atoms with van der Waals surface area (Å²) >= 11 is 0. The molecule has 70 heavy (non-hydrogen) atoms. The molecule has 3 heteroatoms. The summed E-state index contributed by atoms with van der Waals surface area (Å²) in [6.07, 6.45) is 0. The van der Waals surface area contributed by atoms with Gasteiger partial charge in [-0.1, -0.05) is 182 Å². The molecule has 13 aromatic rings. The number of fused-ring (bicyclic) bond motifs is 16. The molecule has 0 fully saturated rings. The summed E-state index contributed by atoms with van der Waals surface area (Å²) in [4.78, 5) is 2.48. The molecule has 0 saturated carbocycles. The molecule has 11 aromatic carbocycles. The molecule has 0 amide bonds. The smallest absolute Gasteiger partial charge is 0.0726 e. The molecular weight excluding hydrogens is 847 g/mol. The van der Waals surface area contributed by atoms with E-state index in [1.807, 2.05) is 0 Å². The van der Waals surface area contributed by atoms with Gasteiger partial charge in [0.2, 0.25) is 0 Å². The van der Waals surface area contributed by atoms with Crippen LogP contribution in [0.2, 0.25) is 0 Å². The lowest BCUT2D eigenvalue weighted by Crippen LogP contribution is -2.26. The molecule has 0 saturated heterocycles. The van der Waals surface area contributed by atoms with Crippen LogP contribution in [0, 0.1) is 0 Å². The SMILES string of the molecule is c1ccc(N(c2cc(-c3ccc4c5ccccc5n(-c5ccccc5)c4c3)cc(-n3c4ccccc4c4ccccc43)c2)c2ccc3c(c2)C2(c4ccccc4-c4ccccc42)c2ccccc2-3)cc1. The summed E-state index contributed by atoms with van der Waals surface area (Å²) in [5.74, 6) is 0. The van der Waals surface area contributed by atoms with Gasteiger partial charge in [-0.05, 0) is 134 Å². The summed E-state index contributed by atoms with van der Waals surface area (Å²) in [7, 11) is 0. The first-order valence-corrected chi connectivity index (χ1v) is 24.3. The molecule has 0 bridgehead atoms. The Balaban J connectivity index is 1.01. The van der Waals surface area contributed by atoms with Gasteiger partial charge >= 0.3 is 0 Å². The Bertz CT molecular complexity index is 4130. The minimum Gasteiger partial charge on any atom is -0.310 e. The van der Waals surface area contributed by atoms with E-state index in [4.69, 9.17) is 0 Å². The zero-order chi connectivity index (χ0) is 45.9. The fourth-order valence-electron chi connectivity index (χ4n) is 12.5. The lowest BCUT2D eigenvalue weighted by Gasteiger charge is -2.32. The number of rotatable bonds is 6. The first kappa shape index (κ1) is 38.9. The average molecular weight is 890 g/mol. The van der Waals surface area contributed by atoms with E-state index >= 15 is 0 Å². The van der Waals surface area contributed by atoms with Crippen LogP contribution in [-0.2, 0) is 5.41 Å². The Morgan fingerprint density at radius 3 is 1.31 bits per heavy atom. The number of hydrogen-bond donors (Lipinski definition) is 0. The maximum Gasteiger partial charge on any atom is 0.0726 e. The molecular formula is C67H43N3. The van der Waals surface area contributed by atoms with Crippen molar-refractivity contribution in [2.24, 2.45) is 0 Å². The van der Waals surface area contributed by atoms with E-state index < -0.39 is 5.41 Å². The maximum atomic E-state index is 2.50. The van der Waals surface area contributed by atoms with E-state index in [-0.39, 0.29) is 0 Å². The Hall–Kier alpha value is -9.18. The van der Waals surface area contributed by atoms with Gasteiger partial charge in [-0.3, -0.25) is 0 Å². The highest BCUT2D eigenvalue weighted by Crippen LogP contribution is 2.63. The monoisotopic (exact) mass is 889 g/mol. The molecule has 0 aliphatic heterocycles. The Kier molecular flexibility index (Phi) is 8.28. The highest BCUT2D eigenvalue weighted by molar-refractivity contribution is 6.11. The van der Waals surface area contributed by atoms with Crippen LogP contribution in [0.5, 0.6) is 0 Å². The molecule has 0 unspecified atom stereocenters. The van der Waals surface area contributed by atoms with Gasteiger partial charge in [0.25, 0.3) is 0 Å². The summed E-state index contributed by atoms with van der Waals surface area (Å²) in [5.41, 5.74) is 22.5. The minimum atomic E-state index is -0.472. The van der Waals surface area contributed by atoms with Gasteiger partial charge in [0.15, 0.2) is 0 Å². The number of hydrogen-bond acceptors (Lipinski definition) is 1. The van der Waals surface area contributed by atoms with E-state index in [9.17, 15) is 0 Å². The summed E-state index contributed by atoms with van der Waals surface area (Å²) in [5, 5.41) is 4.95. The van der Waals surface area contributed by atoms with Crippen LogP contribution < -0.4 is 4.90 Å². The van der Waals surface area contributed by atoms with Crippen LogP contribution >= 0.6 is 0 Å². The molecule has 0 radical (unpaired) electrons. The minimum absolute atomic E-state index is 0.472. The van der Waals surface area contributed by atoms with Gasteiger partial charge in [0.05, 0.1) is 27.5 Å². The van der Waals surface area contributed by atoms with Crippen molar-refractivity contribution in [2.75, 3.05) is 4.90 Å². The van der Waals surface area contributed by atoms with Crippen LogP contribution in [0.15, 0.2) is 261 Å². The van der Waals surface area contributed by atoms with Crippen LogP contribution in [0.4, 0.5) is 17.1 Å². The van der Waals surface area contributed by atoms with Crippen molar-refractivity contribution in [3.8, 4) is 44.8 Å². The number of benzene rings is 11. The molecule has 2 aliphatic rings. The number of para-hydroxylation sites is 5. The number of anilines is 3. The molecule has 3 nitrogen and oxygen atoms in total. The highest BCUT2D eigenvalue weighted by atomic mass is 15.1. The molecule has 0 N–H and O–H groups in total. The third-order valence-electron chi connectivity index (χ3n) is 15.3. The van der Waals surface area contributed by atoms with Crippen LogP contribution in [-0.4, -0.2) is 9.13 Å². The summed E-state index contributed by atoms with van der Waals surface area (Å²) in [6.45, 7) is 0. The van der Waals surface area contributed by atoms with E-state index in [1.54, 1.807) is 0 Å². The maximum absolute atomic E-state index is 2.50. The normalized spacial score (nSPS) is 13.0. The average Bonchev–Trinajstić information content (AvgIpc) is 4.13. The fraction of sp³-hybridized carbons (Fsp3) is 0.0149. The summed E-state index contributed by atoms with van der Waals surface area (Å²) in [6, 6.07) is 96.8. The topological polar surface area (TPSA) is 13.1 Å². The first-order valence-electron chi connectivity index (χ1n) is 24.3. The molecule has 326 valence electrons. The predicted octanol–water partition coefficient (Wildman–Crippen LogP) is 17.4. The lowest BCUT2D eigenvalue weighted by molar-refractivity contribution is 0.793. The third-order valence-corrected chi connectivity index (χ3v) is 15.3. The van der Waals surface area contributed by atoms with Crippen molar-refractivity contribution < 1.29 is 0 Å². The van der Waals surface area contributed by atoms with Gasteiger partial charge in [-0.15, -0.1) is 0 Å². The van der Waals surface area contributed by atoms with Gasteiger partial charge in [-0.25, -0.2) is 0 Å². The Morgan fingerprint density at radius 1 is 0.257 bits per heavy atom. The van der Waals surface area contributed by atoms with Gasteiger partial charge < -0.3 is 14.0 Å². The molecule has 0 atom stereocenters. The van der Waals surface area contributed by atoms with E-state index in [1.165, 1.54) is 88.1 Å². The summed E-state index contributed by atoms with van der Waals surface area (Å²) < 4.78 is 4.88.